The van der Waals surface area contributed by atoms with Gasteiger partial charge in [0.2, 0.25) is 20.0 Å². The second-order valence-corrected chi connectivity index (χ2v) is 8.81. The van der Waals surface area contributed by atoms with Crippen molar-refractivity contribution in [2.24, 2.45) is 10.9 Å². The van der Waals surface area contributed by atoms with Crippen LogP contribution < -0.4 is 10.9 Å². The number of primary sulfonamides is 1. The zero-order valence-electron chi connectivity index (χ0n) is 12.2. The van der Waals surface area contributed by atoms with Gasteiger partial charge in [-0.1, -0.05) is 12.5 Å². The van der Waals surface area contributed by atoms with Crippen molar-refractivity contribution in [1.29, 1.82) is 0 Å². The van der Waals surface area contributed by atoms with E-state index in [1.165, 1.54) is 22.5 Å². The first-order valence-electron chi connectivity index (χ1n) is 7.11. The first kappa shape index (κ1) is 17.4. The number of nitrogens with two attached hydrogens (primary N) is 2. The van der Waals surface area contributed by atoms with Crippen LogP contribution in [-0.4, -0.2) is 40.3 Å². The Morgan fingerprint density at radius 1 is 1.14 bits per heavy atom. The molecule has 1 atom stereocenters. The zero-order chi connectivity index (χ0) is 16.4. The summed E-state index contributed by atoms with van der Waals surface area (Å²) in [5.41, 5.74) is 5.57. The molecule has 0 aliphatic carbocycles. The number of rotatable bonds is 5. The Morgan fingerprint density at radius 2 is 1.82 bits per heavy atom. The Bertz CT molecular complexity index is 729. The molecule has 1 aliphatic rings. The van der Waals surface area contributed by atoms with E-state index in [9.17, 15) is 16.8 Å². The largest absolute Gasteiger partial charge is 0.330 e. The maximum atomic E-state index is 12.8. The van der Waals surface area contributed by atoms with E-state index < -0.39 is 20.0 Å². The van der Waals surface area contributed by atoms with E-state index in [4.69, 9.17) is 10.9 Å². The van der Waals surface area contributed by atoms with E-state index >= 15 is 0 Å². The highest BCUT2D eigenvalue weighted by Gasteiger charge is 2.33. The molecule has 0 spiro atoms. The van der Waals surface area contributed by atoms with E-state index in [1.54, 1.807) is 0 Å². The van der Waals surface area contributed by atoms with Gasteiger partial charge in [-0.25, -0.2) is 22.0 Å². The molecule has 0 aromatic heterocycles. The summed E-state index contributed by atoms with van der Waals surface area (Å²) in [4.78, 5) is -0.260. The van der Waals surface area contributed by atoms with Crippen molar-refractivity contribution in [1.82, 2.24) is 4.31 Å². The lowest BCUT2D eigenvalue weighted by Crippen LogP contribution is -2.44. The summed E-state index contributed by atoms with van der Waals surface area (Å²) in [5.74, 6) is 0. The minimum atomic E-state index is -3.94. The van der Waals surface area contributed by atoms with Gasteiger partial charge in [0.15, 0.2) is 0 Å². The molecule has 0 amide bonds. The highest BCUT2D eigenvalue weighted by Crippen LogP contribution is 2.27. The van der Waals surface area contributed by atoms with Crippen LogP contribution in [0.1, 0.15) is 25.7 Å². The number of nitrogens with zero attached hydrogens (tertiary/aromatic N) is 1. The predicted molar refractivity (Wildman–Crippen MR) is 83.0 cm³/mol. The molecular formula is C13H21N3O4S2. The third kappa shape index (κ3) is 3.66. The average molecular weight is 347 g/mol. The molecule has 0 radical (unpaired) electrons. The van der Waals surface area contributed by atoms with Crippen LogP contribution in [0.15, 0.2) is 34.1 Å². The summed E-state index contributed by atoms with van der Waals surface area (Å²) in [6.45, 7) is 0.834. The molecule has 124 valence electrons. The Labute approximate surface area is 131 Å². The molecule has 1 saturated heterocycles. The van der Waals surface area contributed by atoms with Crippen LogP contribution in [0.5, 0.6) is 0 Å². The molecule has 0 bridgehead atoms. The number of hydrogen-bond donors (Lipinski definition) is 2. The second-order valence-electron chi connectivity index (χ2n) is 5.36. The second kappa shape index (κ2) is 6.63. The molecule has 9 heteroatoms. The van der Waals surface area contributed by atoms with E-state index in [1.807, 2.05) is 0 Å². The Morgan fingerprint density at radius 3 is 2.45 bits per heavy atom. The lowest BCUT2D eigenvalue weighted by Gasteiger charge is -2.34. The van der Waals surface area contributed by atoms with Gasteiger partial charge in [0.1, 0.15) is 0 Å². The third-order valence-electron chi connectivity index (χ3n) is 3.81. The van der Waals surface area contributed by atoms with Gasteiger partial charge in [-0.05, 0) is 44.0 Å². The Hall–Kier alpha value is -1.00. The van der Waals surface area contributed by atoms with Crippen molar-refractivity contribution in [3.05, 3.63) is 24.3 Å². The van der Waals surface area contributed by atoms with Crippen molar-refractivity contribution < 1.29 is 16.8 Å². The van der Waals surface area contributed by atoms with E-state index in [0.29, 0.717) is 19.5 Å². The molecule has 7 nitrogen and oxygen atoms in total. The SMILES string of the molecule is NCCC1CCCCN1S(=O)(=O)c1cccc(S(N)(=O)=O)c1. The first-order chi connectivity index (χ1) is 10.3. The fraction of sp³-hybridized carbons (Fsp3) is 0.538. The van der Waals surface area contributed by atoms with Crippen LogP contribution in [0.3, 0.4) is 0 Å². The van der Waals surface area contributed by atoms with Crippen LogP contribution in [0, 0.1) is 0 Å². The van der Waals surface area contributed by atoms with Gasteiger partial charge in [-0.2, -0.15) is 4.31 Å². The standard InChI is InChI=1S/C13H21N3O4S2/c14-8-7-11-4-1-2-9-16(11)22(19,20)13-6-3-5-12(10-13)21(15,17)18/h3,5-6,10-11H,1-2,4,7-9,14H2,(H2,15,17,18). The topological polar surface area (TPSA) is 124 Å². The van der Waals surface area contributed by atoms with Gasteiger partial charge in [0.05, 0.1) is 9.79 Å². The number of sulfonamides is 2. The van der Waals surface area contributed by atoms with Crippen molar-refractivity contribution >= 4 is 20.0 Å². The summed E-state index contributed by atoms with van der Waals surface area (Å²) in [6, 6.07) is 5.02. The van der Waals surface area contributed by atoms with Crippen LogP contribution in [0.4, 0.5) is 0 Å². The zero-order valence-corrected chi connectivity index (χ0v) is 13.8. The maximum absolute atomic E-state index is 12.8. The molecule has 2 rings (SSSR count). The molecule has 1 aromatic carbocycles. The average Bonchev–Trinajstić information content (AvgIpc) is 2.47. The van der Waals surface area contributed by atoms with Gasteiger partial charge < -0.3 is 5.73 Å². The molecule has 1 unspecified atom stereocenters. The summed E-state index contributed by atoms with van der Waals surface area (Å²) in [7, 11) is -7.70. The molecular weight excluding hydrogens is 326 g/mol. The Balaban J connectivity index is 2.41. The summed E-state index contributed by atoms with van der Waals surface area (Å²) in [6.07, 6.45) is 3.11. The van der Waals surface area contributed by atoms with Crippen molar-refractivity contribution in [2.45, 2.75) is 41.5 Å². The van der Waals surface area contributed by atoms with Gasteiger partial charge >= 0.3 is 0 Å². The first-order valence-corrected chi connectivity index (χ1v) is 10.1. The van der Waals surface area contributed by atoms with E-state index in [2.05, 4.69) is 0 Å². The minimum absolute atomic E-state index is 0.0528. The van der Waals surface area contributed by atoms with E-state index in [-0.39, 0.29) is 15.8 Å². The molecule has 0 saturated carbocycles. The molecule has 1 fully saturated rings. The maximum Gasteiger partial charge on any atom is 0.243 e. The van der Waals surface area contributed by atoms with Gasteiger partial charge in [-0.15, -0.1) is 0 Å². The summed E-state index contributed by atoms with van der Waals surface area (Å²) >= 11 is 0. The van der Waals surface area contributed by atoms with Gasteiger partial charge in [0, 0.05) is 12.6 Å². The van der Waals surface area contributed by atoms with Crippen molar-refractivity contribution in [3.8, 4) is 0 Å². The van der Waals surface area contributed by atoms with Crippen LogP contribution in [0.25, 0.3) is 0 Å². The van der Waals surface area contributed by atoms with E-state index in [0.717, 1.165) is 25.3 Å². The fourth-order valence-electron chi connectivity index (χ4n) is 2.72. The summed E-state index contributed by atoms with van der Waals surface area (Å²) < 4.78 is 49.9. The molecule has 1 aliphatic heterocycles. The smallest absolute Gasteiger partial charge is 0.243 e. The minimum Gasteiger partial charge on any atom is -0.330 e. The number of hydrogen-bond acceptors (Lipinski definition) is 5. The van der Waals surface area contributed by atoms with Gasteiger partial charge in [-0.3, -0.25) is 0 Å². The van der Waals surface area contributed by atoms with Crippen LogP contribution in [-0.2, 0) is 20.0 Å². The van der Waals surface area contributed by atoms with Crippen LogP contribution in [0.2, 0.25) is 0 Å². The normalized spacial score (nSPS) is 20.9. The molecule has 22 heavy (non-hydrogen) atoms. The molecule has 4 N–H and O–H groups in total. The fourth-order valence-corrected chi connectivity index (χ4v) is 5.12. The predicted octanol–water partition coefficient (Wildman–Crippen LogP) is 0.226. The van der Waals surface area contributed by atoms with Crippen molar-refractivity contribution in [2.75, 3.05) is 13.1 Å². The lowest BCUT2D eigenvalue weighted by molar-refractivity contribution is 0.243. The highest BCUT2D eigenvalue weighted by atomic mass is 32.2. The Kier molecular flexibility index (Phi) is 5.23. The van der Waals surface area contributed by atoms with Crippen LogP contribution >= 0.6 is 0 Å². The van der Waals surface area contributed by atoms with Crippen molar-refractivity contribution in [3.63, 3.8) is 0 Å². The molecule has 1 heterocycles. The highest BCUT2D eigenvalue weighted by molar-refractivity contribution is 7.90. The number of piperidine rings is 1. The quantitative estimate of drug-likeness (QED) is 0.789. The molecule has 1 aromatic rings. The van der Waals surface area contributed by atoms with Gasteiger partial charge in [0.25, 0.3) is 0 Å². The lowest BCUT2D eigenvalue weighted by atomic mass is 10.0. The summed E-state index contributed by atoms with van der Waals surface area (Å²) in [5, 5.41) is 5.07. The third-order valence-corrected chi connectivity index (χ3v) is 6.67. The number of benzene rings is 1. The monoisotopic (exact) mass is 347 g/mol.